The van der Waals surface area contributed by atoms with Crippen LogP contribution in [-0.4, -0.2) is 4.98 Å². The van der Waals surface area contributed by atoms with Crippen molar-refractivity contribution in [2.75, 3.05) is 0 Å². The fraction of sp³-hybridized carbons (Fsp3) is 0. The van der Waals surface area contributed by atoms with E-state index in [1.54, 1.807) is 0 Å². The first kappa shape index (κ1) is 22.7. The molecular weight excluding hydrogens is 481 g/mol. The molecule has 0 saturated carbocycles. The van der Waals surface area contributed by atoms with Crippen LogP contribution in [0.1, 0.15) is 0 Å². The van der Waals surface area contributed by atoms with Gasteiger partial charge in [-0.05, 0) is 34.5 Å². The van der Waals surface area contributed by atoms with Crippen LogP contribution in [0.3, 0.4) is 0 Å². The van der Waals surface area contributed by atoms with Crippen molar-refractivity contribution in [3.63, 3.8) is 0 Å². The van der Waals surface area contributed by atoms with Gasteiger partial charge in [0.15, 0.2) is 7.14 Å². The molecule has 0 atom stereocenters. The number of rotatable bonds is 4. The highest BCUT2D eigenvalue weighted by atomic mass is 31.2. The Hall–Kier alpha value is -4.52. The molecule has 6 aromatic carbocycles. The molecule has 0 spiro atoms. The lowest BCUT2D eigenvalue weighted by atomic mass is 9.93. The molecule has 7 rings (SSSR count). The monoisotopic (exact) mass is 505 g/mol. The third-order valence-corrected chi connectivity index (χ3v) is 10.4. The third kappa shape index (κ3) is 3.57. The summed E-state index contributed by atoms with van der Waals surface area (Å²) in [7, 11) is -3.11. The topological polar surface area (TPSA) is 30.0 Å². The van der Waals surface area contributed by atoms with Crippen LogP contribution in [0.25, 0.3) is 43.7 Å². The van der Waals surface area contributed by atoms with Gasteiger partial charge in [-0.3, -0.25) is 0 Å². The van der Waals surface area contributed by atoms with E-state index in [-0.39, 0.29) is 0 Å². The van der Waals surface area contributed by atoms with Crippen LogP contribution >= 0.6 is 7.14 Å². The van der Waals surface area contributed by atoms with Gasteiger partial charge in [-0.15, -0.1) is 0 Å². The summed E-state index contributed by atoms with van der Waals surface area (Å²) in [6, 6.07) is 49.0. The third-order valence-electron chi connectivity index (χ3n) is 7.31. The maximum Gasteiger partial charge on any atom is 0.171 e. The van der Waals surface area contributed by atoms with Gasteiger partial charge in [0.1, 0.15) is 0 Å². The van der Waals surface area contributed by atoms with Crippen LogP contribution < -0.4 is 15.9 Å². The van der Waals surface area contributed by atoms with Crippen molar-refractivity contribution in [3.05, 3.63) is 146 Å². The fourth-order valence-corrected chi connectivity index (χ4v) is 8.24. The number of fused-ring (bicyclic) bond motifs is 4. The van der Waals surface area contributed by atoms with Crippen molar-refractivity contribution in [1.82, 2.24) is 4.98 Å². The molecule has 180 valence electrons. The average Bonchev–Trinajstić information content (AvgIpc) is 3.00. The van der Waals surface area contributed by atoms with Gasteiger partial charge in [-0.1, -0.05) is 127 Å². The molecule has 0 aliphatic rings. The van der Waals surface area contributed by atoms with Crippen LogP contribution in [0.5, 0.6) is 0 Å². The highest BCUT2D eigenvalue weighted by Crippen LogP contribution is 2.44. The van der Waals surface area contributed by atoms with Gasteiger partial charge in [0.05, 0.1) is 11.0 Å². The molecule has 0 N–H and O–H groups in total. The number of aromatic nitrogens is 1. The maximum absolute atomic E-state index is 15.1. The van der Waals surface area contributed by atoms with E-state index >= 15 is 4.57 Å². The quantitative estimate of drug-likeness (QED) is 0.139. The Morgan fingerprint density at radius 1 is 0.474 bits per heavy atom. The first-order chi connectivity index (χ1) is 18.7. The standard InChI is InChI=1S/C35H24NOP/c37-38(27-14-3-1-4-15-27,28-16-5-2-6-17-28)29-18-11-13-26(24-29)34-31-20-9-10-21-32(31)36-33-23-22-25-12-7-8-19-30(25)35(33)34/h1-24H. The molecule has 0 amide bonds. The number of pyridine rings is 1. The van der Waals surface area contributed by atoms with Gasteiger partial charge in [0, 0.05) is 32.2 Å². The molecule has 7 aromatic rings. The van der Waals surface area contributed by atoms with Crippen molar-refractivity contribution in [1.29, 1.82) is 0 Å². The Kier molecular flexibility index (Phi) is 5.43. The molecule has 0 saturated heterocycles. The van der Waals surface area contributed by atoms with E-state index in [1.165, 1.54) is 5.39 Å². The van der Waals surface area contributed by atoms with Crippen molar-refractivity contribution < 1.29 is 4.57 Å². The van der Waals surface area contributed by atoms with Gasteiger partial charge in [-0.2, -0.15) is 0 Å². The lowest BCUT2D eigenvalue weighted by Gasteiger charge is -2.21. The number of nitrogens with zero attached hydrogens (tertiary/aromatic N) is 1. The molecule has 1 aromatic heterocycles. The van der Waals surface area contributed by atoms with Gasteiger partial charge in [0.2, 0.25) is 0 Å². The highest BCUT2D eigenvalue weighted by Gasteiger charge is 2.30. The maximum atomic E-state index is 15.1. The summed E-state index contributed by atoms with van der Waals surface area (Å²) >= 11 is 0. The second kappa shape index (κ2) is 9.10. The Morgan fingerprint density at radius 2 is 1.08 bits per heavy atom. The van der Waals surface area contributed by atoms with Crippen molar-refractivity contribution >= 4 is 55.6 Å². The molecule has 0 bridgehead atoms. The summed E-state index contributed by atoms with van der Waals surface area (Å²) in [4.78, 5) is 5.03. The SMILES string of the molecule is O=P(c1ccccc1)(c1ccccc1)c1cccc(-c2c3ccccc3nc3ccc4ccccc4c23)c1. The largest absolute Gasteiger partial charge is 0.309 e. The summed E-state index contributed by atoms with van der Waals surface area (Å²) < 4.78 is 15.1. The van der Waals surface area contributed by atoms with E-state index < -0.39 is 7.14 Å². The van der Waals surface area contributed by atoms with Gasteiger partial charge >= 0.3 is 0 Å². The molecule has 0 aliphatic carbocycles. The summed E-state index contributed by atoms with van der Waals surface area (Å²) in [6.45, 7) is 0. The number of para-hydroxylation sites is 1. The minimum Gasteiger partial charge on any atom is -0.309 e. The number of hydrogen-bond donors (Lipinski definition) is 0. The molecule has 0 unspecified atom stereocenters. The minimum atomic E-state index is -3.11. The van der Waals surface area contributed by atoms with E-state index in [2.05, 4.69) is 66.7 Å². The molecule has 0 radical (unpaired) electrons. The zero-order valence-electron chi connectivity index (χ0n) is 20.7. The molecule has 2 nitrogen and oxygen atoms in total. The van der Waals surface area contributed by atoms with Crippen molar-refractivity contribution in [2.24, 2.45) is 0 Å². The van der Waals surface area contributed by atoms with Gasteiger partial charge in [0.25, 0.3) is 0 Å². The predicted octanol–water partition coefficient (Wildman–Crippen LogP) is 7.85. The van der Waals surface area contributed by atoms with E-state index in [1.807, 2.05) is 78.9 Å². The normalized spacial score (nSPS) is 11.8. The first-order valence-electron chi connectivity index (χ1n) is 12.8. The van der Waals surface area contributed by atoms with Crippen molar-refractivity contribution in [2.45, 2.75) is 0 Å². The number of hydrogen-bond acceptors (Lipinski definition) is 2. The second-order valence-electron chi connectivity index (χ2n) is 9.52. The van der Waals surface area contributed by atoms with Gasteiger partial charge < -0.3 is 4.57 Å². The predicted molar refractivity (Wildman–Crippen MR) is 162 cm³/mol. The zero-order chi connectivity index (χ0) is 25.5. The fourth-order valence-electron chi connectivity index (χ4n) is 5.54. The molecule has 0 fully saturated rings. The molecule has 1 heterocycles. The summed E-state index contributed by atoms with van der Waals surface area (Å²) in [5, 5.41) is 7.03. The average molecular weight is 506 g/mol. The number of benzene rings is 6. The Labute approximate surface area is 221 Å². The van der Waals surface area contributed by atoms with Crippen LogP contribution in [0.2, 0.25) is 0 Å². The van der Waals surface area contributed by atoms with E-state index in [0.29, 0.717) is 0 Å². The summed E-state index contributed by atoms with van der Waals surface area (Å²) in [6.07, 6.45) is 0. The first-order valence-corrected chi connectivity index (χ1v) is 14.5. The Bertz CT molecular complexity index is 1950. The lowest BCUT2D eigenvalue weighted by molar-refractivity contribution is 0.592. The van der Waals surface area contributed by atoms with E-state index in [9.17, 15) is 0 Å². The smallest absolute Gasteiger partial charge is 0.171 e. The molecule has 3 heteroatoms. The highest BCUT2D eigenvalue weighted by molar-refractivity contribution is 7.85. The molecular formula is C35H24NOP. The van der Waals surface area contributed by atoms with E-state index in [0.717, 1.165) is 54.2 Å². The Balaban J connectivity index is 1.57. The minimum absolute atomic E-state index is 0.821. The molecule has 0 aliphatic heterocycles. The summed E-state index contributed by atoms with van der Waals surface area (Å²) in [5.74, 6) is 0. The van der Waals surface area contributed by atoms with Crippen LogP contribution in [0.15, 0.2) is 146 Å². The van der Waals surface area contributed by atoms with E-state index in [4.69, 9.17) is 4.98 Å². The second-order valence-corrected chi connectivity index (χ2v) is 12.3. The van der Waals surface area contributed by atoms with Crippen molar-refractivity contribution in [3.8, 4) is 11.1 Å². The molecule has 38 heavy (non-hydrogen) atoms. The summed E-state index contributed by atoms with van der Waals surface area (Å²) in [5.41, 5.74) is 4.06. The Morgan fingerprint density at radius 3 is 1.82 bits per heavy atom. The lowest BCUT2D eigenvalue weighted by Crippen LogP contribution is -2.25. The van der Waals surface area contributed by atoms with Crippen LogP contribution in [0, 0.1) is 0 Å². The zero-order valence-corrected chi connectivity index (χ0v) is 21.6. The van der Waals surface area contributed by atoms with Crippen LogP contribution in [-0.2, 0) is 4.57 Å². The van der Waals surface area contributed by atoms with Crippen LogP contribution in [0.4, 0.5) is 0 Å². The van der Waals surface area contributed by atoms with Gasteiger partial charge in [-0.25, -0.2) is 4.98 Å².